The van der Waals surface area contributed by atoms with Crippen LogP contribution in [0.5, 0.6) is 5.75 Å². The van der Waals surface area contributed by atoms with E-state index in [1.165, 1.54) is 13.2 Å². The minimum Gasteiger partial charge on any atom is -0.494 e. The van der Waals surface area contributed by atoms with E-state index in [4.69, 9.17) is 18.1 Å². The second kappa shape index (κ2) is 10.8. The molecule has 1 aliphatic rings. The maximum atomic E-state index is 12.7. The Labute approximate surface area is 210 Å². The molecule has 0 radical (unpaired) electrons. The standard InChI is InChI=1S/C23H25N7O6/c1-4-35-18(31)11-17-27-21(30-36-17)13-6-5-7-14(20(13)34-3)25-15-10-16(26-22(32)12-8-9-12)28-29-19(15)23(33)24-2/h5-7,10,12H,4,8-9,11H2,1-3H3,(H,24,33)(H2,25,26,28,32)/i2D3. The van der Waals surface area contributed by atoms with Gasteiger partial charge in [-0.15, -0.1) is 10.2 Å². The van der Waals surface area contributed by atoms with E-state index in [0.717, 1.165) is 12.8 Å². The van der Waals surface area contributed by atoms with E-state index in [-0.39, 0.29) is 59.5 Å². The number of nitrogens with zero attached hydrogens (tertiary/aromatic N) is 4. The van der Waals surface area contributed by atoms with Gasteiger partial charge in [0.2, 0.25) is 17.6 Å². The molecule has 0 bridgehead atoms. The summed E-state index contributed by atoms with van der Waals surface area (Å²) in [7, 11) is 1.40. The summed E-state index contributed by atoms with van der Waals surface area (Å²) >= 11 is 0. The van der Waals surface area contributed by atoms with E-state index in [9.17, 15) is 14.4 Å². The van der Waals surface area contributed by atoms with Crippen LogP contribution in [0.3, 0.4) is 0 Å². The first kappa shape index (κ1) is 20.8. The minimum atomic E-state index is -2.77. The van der Waals surface area contributed by atoms with Crippen LogP contribution in [0.4, 0.5) is 17.2 Å². The molecule has 2 amide bonds. The molecule has 0 saturated heterocycles. The van der Waals surface area contributed by atoms with Gasteiger partial charge in [-0.1, -0.05) is 11.2 Å². The van der Waals surface area contributed by atoms with Gasteiger partial charge >= 0.3 is 5.97 Å². The number of amides is 2. The van der Waals surface area contributed by atoms with Crippen molar-refractivity contribution in [3.63, 3.8) is 0 Å². The molecule has 0 unspecified atom stereocenters. The number of ether oxygens (including phenoxy) is 2. The number of aromatic nitrogens is 4. The van der Waals surface area contributed by atoms with Gasteiger partial charge in [0.15, 0.2) is 17.3 Å². The molecule has 1 aromatic carbocycles. The monoisotopic (exact) mass is 498 g/mol. The number of hydrogen-bond acceptors (Lipinski definition) is 11. The lowest BCUT2D eigenvalue weighted by Crippen LogP contribution is -2.22. The number of para-hydroxylation sites is 1. The summed E-state index contributed by atoms with van der Waals surface area (Å²) < 4.78 is 37.7. The van der Waals surface area contributed by atoms with Gasteiger partial charge in [-0.2, -0.15) is 4.98 Å². The molecule has 1 saturated carbocycles. The van der Waals surface area contributed by atoms with Crippen molar-refractivity contribution < 1.29 is 32.5 Å². The number of nitrogens with one attached hydrogen (secondary N) is 3. The first-order valence-electron chi connectivity index (χ1n) is 12.5. The van der Waals surface area contributed by atoms with Crippen molar-refractivity contribution in [3.8, 4) is 17.1 Å². The van der Waals surface area contributed by atoms with E-state index >= 15 is 0 Å². The van der Waals surface area contributed by atoms with Crippen LogP contribution < -0.4 is 20.7 Å². The number of esters is 1. The van der Waals surface area contributed by atoms with Gasteiger partial charge in [0.05, 0.1) is 30.7 Å². The molecule has 2 heterocycles. The van der Waals surface area contributed by atoms with E-state index in [1.54, 1.807) is 25.1 Å². The van der Waals surface area contributed by atoms with Gasteiger partial charge < -0.3 is 29.9 Å². The first-order valence-corrected chi connectivity index (χ1v) is 11.0. The number of benzene rings is 1. The molecular weight excluding hydrogens is 470 g/mol. The molecule has 2 aromatic heterocycles. The third-order valence-corrected chi connectivity index (χ3v) is 5.12. The Bertz CT molecular complexity index is 1390. The normalized spacial score (nSPS) is 14.1. The lowest BCUT2D eigenvalue weighted by Gasteiger charge is -2.16. The van der Waals surface area contributed by atoms with E-state index in [1.807, 2.05) is 5.32 Å². The largest absolute Gasteiger partial charge is 0.494 e. The first-order chi connectivity index (χ1) is 18.6. The van der Waals surface area contributed by atoms with Gasteiger partial charge in [0, 0.05) is 23.1 Å². The quantitative estimate of drug-likeness (QED) is 0.350. The molecule has 3 aromatic rings. The van der Waals surface area contributed by atoms with E-state index in [0.29, 0.717) is 11.3 Å². The zero-order chi connectivity index (χ0) is 28.2. The summed E-state index contributed by atoms with van der Waals surface area (Å²) in [6, 6.07) is 6.28. The molecule has 0 aliphatic heterocycles. The van der Waals surface area contributed by atoms with Crippen molar-refractivity contribution in [2.75, 3.05) is 31.3 Å². The van der Waals surface area contributed by atoms with Crippen LogP contribution >= 0.6 is 0 Å². The Kier molecular flexibility index (Phi) is 6.24. The molecule has 0 spiro atoms. The maximum Gasteiger partial charge on any atom is 0.315 e. The molecule has 0 atom stereocenters. The number of carbonyl (C=O) groups excluding carboxylic acids is 3. The van der Waals surface area contributed by atoms with Gasteiger partial charge in [-0.25, -0.2) is 0 Å². The summed E-state index contributed by atoms with van der Waals surface area (Å²) in [5, 5.41) is 19.1. The highest BCUT2D eigenvalue weighted by molar-refractivity contribution is 6.00. The Morgan fingerprint density at radius 3 is 2.78 bits per heavy atom. The molecule has 3 N–H and O–H groups in total. The Morgan fingerprint density at radius 1 is 1.22 bits per heavy atom. The zero-order valence-electron chi connectivity index (χ0n) is 22.5. The number of anilines is 3. The second-order valence-electron chi connectivity index (χ2n) is 7.71. The van der Waals surface area contributed by atoms with Crippen molar-refractivity contribution in [2.24, 2.45) is 5.92 Å². The Balaban J connectivity index is 1.67. The average Bonchev–Trinajstić information content (AvgIpc) is 3.62. The molecule has 188 valence electrons. The molecule has 1 fully saturated rings. The molecule has 4 rings (SSSR count). The third-order valence-electron chi connectivity index (χ3n) is 5.12. The van der Waals surface area contributed by atoms with Crippen molar-refractivity contribution in [1.29, 1.82) is 0 Å². The maximum absolute atomic E-state index is 12.7. The van der Waals surface area contributed by atoms with Crippen LogP contribution in [0.1, 0.15) is 40.3 Å². The summed E-state index contributed by atoms with van der Waals surface area (Å²) in [5.74, 6) is -1.40. The van der Waals surface area contributed by atoms with Crippen molar-refractivity contribution >= 4 is 35.0 Å². The smallest absolute Gasteiger partial charge is 0.315 e. The molecule has 13 heteroatoms. The molecular formula is C23H25N7O6. The topological polar surface area (TPSA) is 170 Å². The van der Waals surface area contributed by atoms with Crippen LogP contribution in [0, 0.1) is 5.92 Å². The lowest BCUT2D eigenvalue weighted by molar-refractivity contribution is -0.142. The van der Waals surface area contributed by atoms with Crippen molar-refractivity contribution in [1.82, 2.24) is 25.7 Å². The molecule has 36 heavy (non-hydrogen) atoms. The number of rotatable bonds is 10. The number of methoxy groups -OCH3 is 1. The minimum absolute atomic E-state index is 0.0434. The Hall–Kier alpha value is -4.55. The van der Waals surface area contributed by atoms with Crippen molar-refractivity contribution in [3.05, 3.63) is 35.9 Å². The third kappa shape index (κ3) is 5.56. The van der Waals surface area contributed by atoms with Gasteiger partial charge in [-0.3, -0.25) is 14.4 Å². The summed E-state index contributed by atoms with van der Waals surface area (Å²) in [6.45, 7) is -0.878. The fourth-order valence-electron chi connectivity index (χ4n) is 3.30. The van der Waals surface area contributed by atoms with Gasteiger partial charge in [0.25, 0.3) is 5.91 Å². The zero-order valence-corrected chi connectivity index (χ0v) is 19.5. The second-order valence-corrected chi connectivity index (χ2v) is 7.71. The average molecular weight is 499 g/mol. The molecule has 1 aliphatic carbocycles. The van der Waals surface area contributed by atoms with Gasteiger partial charge in [-0.05, 0) is 31.9 Å². The summed E-state index contributed by atoms with van der Waals surface area (Å²) in [4.78, 5) is 40.9. The fraction of sp³-hybridized carbons (Fsp3) is 0.348. The van der Waals surface area contributed by atoms with Crippen LogP contribution in [-0.2, 0) is 20.7 Å². The van der Waals surface area contributed by atoms with Crippen LogP contribution in [0.2, 0.25) is 0 Å². The Morgan fingerprint density at radius 2 is 2.06 bits per heavy atom. The van der Waals surface area contributed by atoms with Crippen molar-refractivity contribution in [2.45, 2.75) is 26.2 Å². The van der Waals surface area contributed by atoms with E-state index < -0.39 is 18.9 Å². The number of hydrogen-bond donors (Lipinski definition) is 3. The van der Waals surface area contributed by atoms with Gasteiger partial charge in [0.1, 0.15) is 6.42 Å². The fourth-order valence-corrected chi connectivity index (χ4v) is 3.30. The van der Waals surface area contributed by atoms with Crippen LogP contribution in [0.15, 0.2) is 28.8 Å². The highest BCUT2D eigenvalue weighted by Crippen LogP contribution is 2.37. The SMILES string of the molecule is [2H]C([2H])([2H])NC(=O)c1nnc(NC(=O)C2CC2)cc1Nc1cccc(-c2noc(CC(=O)OCC)n2)c1OC. The predicted molar refractivity (Wildman–Crippen MR) is 127 cm³/mol. The number of carbonyl (C=O) groups is 3. The van der Waals surface area contributed by atoms with E-state index in [2.05, 4.69) is 31.0 Å². The van der Waals surface area contributed by atoms with Crippen LogP contribution in [-0.4, -0.2) is 58.8 Å². The summed E-state index contributed by atoms with van der Waals surface area (Å²) in [6.07, 6.45) is 1.33. The highest BCUT2D eigenvalue weighted by atomic mass is 16.5. The highest BCUT2D eigenvalue weighted by Gasteiger charge is 2.30. The summed E-state index contributed by atoms with van der Waals surface area (Å²) in [5.41, 5.74) is 0.421. The predicted octanol–water partition coefficient (Wildman–Crippen LogP) is 2.09. The lowest BCUT2D eigenvalue weighted by atomic mass is 10.1. The molecule has 13 nitrogen and oxygen atoms in total. The van der Waals surface area contributed by atoms with Crippen LogP contribution in [0.25, 0.3) is 11.4 Å².